The van der Waals surface area contributed by atoms with E-state index in [9.17, 15) is 9.90 Å². The topological polar surface area (TPSA) is 65.0 Å². The van der Waals surface area contributed by atoms with Crippen LogP contribution in [-0.2, 0) is 9.53 Å². The van der Waals surface area contributed by atoms with E-state index in [1.54, 1.807) is 12.1 Å². The molecule has 1 N–H and O–H groups in total. The van der Waals surface area contributed by atoms with Crippen molar-refractivity contribution >= 4 is 21.9 Å². The summed E-state index contributed by atoms with van der Waals surface area (Å²) in [6.07, 6.45) is -0.965. The summed E-state index contributed by atoms with van der Waals surface area (Å²) < 4.78 is 16.1. The van der Waals surface area contributed by atoms with Crippen LogP contribution in [0.5, 0.6) is 11.5 Å². The van der Waals surface area contributed by atoms with E-state index in [2.05, 4.69) is 15.9 Å². The van der Waals surface area contributed by atoms with Crippen molar-refractivity contribution in [3.8, 4) is 11.5 Å². The molecule has 0 aliphatic carbocycles. The molecule has 1 aliphatic rings. The molecule has 2 rings (SSSR count). The van der Waals surface area contributed by atoms with Crippen molar-refractivity contribution in [2.45, 2.75) is 20.0 Å². The maximum atomic E-state index is 11.8. The van der Waals surface area contributed by atoms with E-state index in [4.69, 9.17) is 14.2 Å². The van der Waals surface area contributed by atoms with E-state index in [0.717, 1.165) is 0 Å². The first kappa shape index (κ1) is 15.1. The van der Waals surface area contributed by atoms with Crippen LogP contribution < -0.4 is 9.47 Å². The Labute approximate surface area is 126 Å². The molecule has 5 nitrogen and oxygen atoms in total. The number of ether oxygens (including phenoxy) is 3. The Balaban J connectivity index is 2.34. The molecule has 0 saturated heterocycles. The summed E-state index contributed by atoms with van der Waals surface area (Å²) in [5.41, 5.74) is 0.588. The van der Waals surface area contributed by atoms with E-state index < -0.39 is 18.0 Å². The van der Waals surface area contributed by atoms with Crippen LogP contribution >= 0.6 is 15.9 Å². The summed E-state index contributed by atoms with van der Waals surface area (Å²) in [5, 5.41) is 10.5. The Morgan fingerprint density at radius 3 is 2.70 bits per heavy atom. The molecule has 1 heterocycles. The second kappa shape index (κ2) is 6.01. The van der Waals surface area contributed by atoms with Gasteiger partial charge < -0.3 is 19.3 Å². The molecule has 2 unspecified atom stereocenters. The first-order chi connectivity index (χ1) is 9.45. The number of rotatable bonds is 4. The fourth-order valence-electron chi connectivity index (χ4n) is 2.27. The highest BCUT2D eigenvalue weighted by Gasteiger charge is 2.33. The molecule has 1 aliphatic heterocycles. The molecule has 0 radical (unpaired) electrons. The fourth-order valence-corrected chi connectivity index (χ4v) is 2.84. The first-order valence-corrected chi connectivity index (χ1v) is 7.10. The number of halogens is 1. The average Bonchev–Trinajstić information content (AvgIpc) is 2.86. The van der Waals surface area contributed by atoms with Gasteiger partial charge in [0.05, 0.1) is 23.6 Å². The van der Waals surface area contributed by atoms with Crippen LogP contribution in [0.2, 0.25) is 0 Å². The van der Waals surface area contributed by atoms with Gasteiger partial charge in [0.25, 0.3) is 0 Å². The Hall–Kier alpha value is -1.27. The third-order valence-corrected chi connectivity index (χ3v) is 3.91. The minimum Gasteiger partial charge on any atom is -0.469 e. The SMILES string of the molecule is COC(=O)C(C(C)C)C(O)c1cc(Br)c2c(c1)OCO2. The monoisotopic (exact) mass is 344 g/mol. The van der Waals surface area contributed by atoms with Crippen molar-refractivity contribution < 1.29 is 24.1 Å². The Morgan fingerprint density at radius 2 is 2.10 bits per heavy atom. The smallest absolute Gasteiger partial charge is 0.311 e. The molecule has 6 heteroatoms. The van der Waals surface area contributed by atoms with Crippen LogP contribution in [0.15, 0.2) is 16.6 Å². The lowest BCUT2D eigenvalue weighted by Gasteiger charge is -2.24. The highest BCUT2D eigenvalue weighted by atomic mass is 79.9. The fraction of sp³-hybridized carbons (Fsp3) is 0.500. The molecule has 1 aromatic rings. The number of carbonyl (C=O) groups is 1. The molecule has 0 saturated carbocycles. The number of aliphatic hydroxyl groups excluding tert-OH is 1. The molecule has 2 atom stereocenters. The Morgan fingerprint density at radius 1 is 1.40 bits per heavy atom. The first-order valence-electron chi connectivity index (χ1n) is 6.30. The summed E-state index contributed by atoms with van der Waals surface area (Å²) in [4.78, 5) is 11.8. The van der Waals surface area contributed by atoms with Crippen LogP contribution in [0.1, 0.15) is 25.5 Å². The van der Waals surface area contributed by atoms with Gasteiger partial charge in [-0.3, -0.25) is 4.79 Å². The molecule has 20 heavy (non-hydrogen) atoms. The van der Waals surface area contributed by atoms with Crippen LogP contribution in [0.25, 0.3) is 0 Å². The van der Waals surface area contributed by atoms with Gasteiger partial charge in [-0.2, -0.15) is 0 Å². The zero-order valence-electron chi connectivity index (χ0n) is 11.6. The Bertz CT molecular complexity index is 515. The number of methoxy groups -OCH3 is 1. The molecule has 0 fully saturated rings. The zero-order chi connectivity index (χ0) is 14.9. The van der Waals surface area contributed by atoms with Crippen LogP contribution in [0, 0.1) is 11.8 Å². The van der Waals surface area contributed by atoms with Gasteiger partial charge in [0.1, 0.15) is 0 Å². The van der Waals surface area contributed by atoms with Gasteiger partial charge in [-0.25, -0.2) is 0 Å². The standard InChI is InChI=1S/C14H17BrO5/c1-7(2)11(14(17)18-3)12(16)8-4-9(15)13-10(5-8)19-6-20-13/h4-5,7,11-12,16H,6H2,1-3H3. The summed E-state index contributed by atoms with van der Waals surface area (Å²) >= 11 is 3.37. The van der Waals surface area contributed by atoms with Gasteiger partial charge in [0.15, 0.2) is 11.5 Å². The average molecular weight is 345 g/mol. The van der Waals surface area contributed by atoms with Crippen molar-refractivity contribution in [1.29, 1.82) is 0 Å². The largest absolute Gasteiger partial charge is 0.469 e. The summed E-state index contributed by atoms with van der Waals surface area (Å²) in [6, 6.07) is 3.42. The molecule has 110 valence electrons. The number of carbonyl (C=O) groups excluding carboxylic acids is 1. The van der Waals surface area contributed by atoms with Gasteiger partial charge in [-0.15, -0.1) is 0 Å². The number of aliphatic hydroxyl groups is 1. The number of benzene rings is 1. The minimum absolute atomic E-state index is 0.0540. The normalized spacial score (nSPS) is 16.1. The number of fused-ring (bicyclic) bond motifs is 1. The minimum atomic E-state index is -0.965. The van der Waals surface area contributed by atoms with Crippen molar-refractivity contribution in [3.05, 3.63) is 22.2 Å². The van der Waals surface area contributed by atoms with Crippen LogP contribution in [0.3, 0.4) is 0 Å². The molecule has 0 aromatic heterocycles. The number of hydrogen-bond acceptors (Lipinski definition) is 5. The van der Waals surface area contributed by atoms with Gasteiger partial charge >= 0.3 is 5.97 Å². The lowest BCUT2D eigenvalue weighted by molar-refractivity contribution is -0.152. The van der Waals surface area contributed by atoms with Crippen molar-refractivity contribution in [3.63, 3.8) is 0 Å². The van der Waals surface area contributed by atoms with E-state index in [-0.39, 0.29) is 12.7 Å². The van der Waals surface area contributed by atoms with Crippen molar-refractivity contribution in [1.82, 2.24) is 0 Å². The lowest BCUT2D eigenvalue weighted by Crippen LogP contribution is -2.28. The van der Waals surface area contributed by atoms with Crippen LogP contribution in [0.4, 0.5) is 0 Å². The van der Waals surface area contributed by atoms with Crippen LogP contribution in [-0.4, -0.2) is 25.0 Å². The van der Waals surface area contributed by atoms with Gasteiger partial charge in [0, 0.05) is 0 Å². The van der Waals surface area contributed by atoms with E-state index in [1.165, 1.54) is 7.11 Å². The van der Waals surface area contributed by atoms with Crippen molar-refractivity contribution in [2.75, 3.05) is 13.9 Å². The second-order valence-corrected chi connectivity index (χ2v) is 5.83. The zero-order valence-corrected chi connectivity index (χ0v) is 13.1. The third kappa shape index (κ3) is 2.76. The molecule has 0 amide bonds. The molecule has 0 bridgehead atoms. The molecule has 1 aromatic carbocycles. The Kier molecular flexibility index (Phi) is 4.55. The maximum absolute atomic E-state index is 11.8. The van der Waals surface area contributed by atoms with E-state index >= 15 is 0 Å². The maximum Gasteiger partial charge on any atom is 0.311 e. The number of esters is 1. The second-order valence-electron chi connectivity index (χ2n) is 4.97. The molecular formula is C14H17BrO5. The van der Waals surface area contributed by atoms with Gasteiger partial charge in [-0.1, -0.05) is 13.8 Å². The lowest BCUT2D eigenvalue weighted by atomic mass is 9.86. The molecular weight excluding hydrogens is 328 g/mol. The predicted molar refractivity (Wildman–Crippen MR) is 75.6 cm³/mol. The summed E-state index contributed by atoms with van der Waals surface area (Å²) in [6.45, 7) is 3.89. The molecule has 0 spiro atoms. The summed E-state index contributed by atoms with van der Waals surface area (Å²) in [7, 11) is 1.32. The van der Waals surface area contributed by atoms with E-state index in [1.807, 2.05) is 13.8 Å². The number of hydrogen-bond donors (Lipinski definition) is 1. The predicted octanol–water partition coefficient (Wildman–Crippen LogP) is 2.66. The van der Waals surface area contributed by atoms with Gasteiger partial charge in [-0.05, 0) is 39.5 Å². The van der Waals surface area contributed by atoms with E-state index in [0.29, 0.717) is 21.5 Å². The third-order valence-electron chi connectivity index (χ3n) is 3.32. The summed E-state index contributed by atoms with van der Waals surface area (Å²) in [5.74, 6) is 0.0520. The highest BCUT2D eigenvalue weighted by Crippen LogP contribution is 2.42. The van der Waals surface area contributed by atoms with Gasteiger partial charge in [0.2, 0.25) is 6.79 Å². The van der Waals surface area contributed by atoms with Crippen molar-refractivity contribution in [2.24, 2.45) is 11.8 Å². The quantitative estimate of drug-likeness (QED) is 0.850. The highest BCUT2D eigenvalue weighted by molar-refractivity contribution is 9.10.